The molecule has 72 valence electrons. The Morgan fingerprint density at radius 2 is 0.545 bits per heavy atom. The molecule has 0 aliphatic heterocycles. The zero-order valence-corrected chi connectivity index (χ0v) is 12.3. The van der Waals surface area contributed by atoms with Crippen LogP contribution in [-0.2, 0) is 25.8 Å². The Balaban J connectivity index is -0.0000000150. The fourth-order valence-corrected chi connectivity index (χ4v) is 0. The van der Waals surface area contributed by atoms with Crippen LogP contribution >= 0.6 is 0 Å². The molecule has 0 spiro atoms. The van der Waals surface area contributed by atoms with Crippen LogP contribution in [0.15, 0.2) is 0 Å². The van der Waals surface area contributed by atoms with E-state index in [4.69, 9.17) is 0 Å². The van der Waals surface area contributed by atoms with Crippen molar-refractivity contribution < 1.29 is 31.3 Å². The molecule has 0 saturated carbocycles. The monoisotopic (exact) mass is 327 g/mol. The minimum atomic E-state index is 0. The molecule has 0 aliphatic carbocycles. The van der Waals surface area contributed by atoms with Gasteiger partial charge in [0.25, 0.3) is 0 Å². The van der Waals surface area contributed by atoms with Crippen LogP contribution in [0.25, 0.3) is 0 Å². The van der Waals surface area contributed by atoms with E-state index in [1.165, 1.54) is 0 Å². The number of hydrogen-bond acceptors (Lipinski definition) is 0. The Bertz CT molecular complexity index is 14.3. The van der Waals surface area contributed by atoms with Crippen LogP contribution in [0.2, 0.25) is 0 Å². The van der Waals surface area contributed by atoms with E-state index in [1.807, 2.05) is 60.8 Å². The van der Waals surface area contributed by atoms with Crippen LogP contribution in [0.3, 0.4) is 0 Å². The van der Waals surface area contributed by atoms with Crippen molar-refractivity contribution in [2.45, 2.75) is 41.5 Å². The summed E-state index contributed by atoms with van der Waals surface area (Å²) in [5.41, 5.74) is 0. The molecule has 2 heteroatoms. The molecule has 0 unspecified atom stereocenters. The first-order valence-corrected chi connectivity index (χ1v) is 3.46. The summed E-state index contributed by atoms with van der Waals surface area (Å²) in [5, 5.41) is 0. The van der Waals surface area contributed by atoms with Crippen molar-refractivity contribution in [3.63, 3.8) is 0 Å². The fourth-order valence-electron chi connectivity index (χ4n) is 0. The van der Waals surface area contributed by atoms with Gasteiger partial charge < -0.3 is 24.7 Å². The Morgan fingerprint density at radius 3 is 0.545 bits per heavy atom. The van der Waals surface area contributed by atoms with E-state index in [1.54, 1.807) is 0 Å². The van der Waals surface area contributed by atoms with Crippen molar-refractivity contribution in [2.75, 3.05) is 0 Å². The molecule has 0 amide bonds. The molecule has 0 bridgehead atoms. The molecule has 1 nitrogen and oxygen atoms in total. The molecule has 0 aromatic heterocycles. The van der Waals surface area contributed by atoms with Crippen LogP contribution in [0.5, 0.6) is 0 Å². The van der Waals surface area contributed by atoms with E-state index >= 15 is 0 Å². The van der Waals surface area contributed by atoms with Crippen LogP contribution in [0.1, 0.15) is 41.5 Å². The van der Waals surface area contributed by atoms with Crippen LogP contribution < -0.4 is 0 Å². The molecule has 0 aromatic rings. The molecule has 0 fully saturated rings. The SMILES string of the molecule is C[CH-]C.C[CH-]C.C[CH-]C.O.[Hf]. The number of rotatable bonds is 0. The minimum absolute atomic E-state index is 0. The van der Waals surface area contributed by atoms with E-state index in [0.29, 0.717) is 0 Å². The Labute approximate surface area is 92.1 Å². The second kappa shape index (κ2) is 71.3. The summed E-state index contributed by atoms with van der Waals surface area (Å²) in [5.74, 6) is 0. The van der Waals surface area contributed by atoms with Crippen molar-refractivity contribution in [3.05, 3.63) is 19.3 Å². The van der Waals surface area contributed by atoms with Crippen molar-refractivity contribution in [3.8, 4) is 0 Å². The predicted molar refractivity (Wildman–Crippen MR) is 50.6 cm³/mol. The van der Waals surface area contributed by atoms with E-state index in [0.717, 1.165) is 0 Å². The zero-order valence-electron chi connectivity index (χ0n) is 8.73. The molecular weight excluding hydrogens is 303 g/mol. The molecule has 0 heterocycles. The maximum absolute atomic E-state index is 2.00. The van der Waals surface area contributed by atoms with E-state index < -0.39 is 0 Å². The quantitative estimate of drug-likeness (QED) is 0.484. The standard InChI is InChI=1S/3C3H7.Hf.H2O/c3*1-3-2;;/h3*3H,1-2H3;;1H2/q3*-1;;. The second-order valence-electron chi connectivity index (χ2n) is 1.73. The van der Waals surface area contributed by atoms with Gasteiger partial charge in [0.15, 0.2) is 0 Å². The summed E-state index contributed by atoms with van der Waals surface area (Å²) in [4.78, 5) is 0. The molecule has 11 heavy (non-hydrogen) atoms. The van der Waals surface area contributed by atoms with E-state index in [-0.39, 0.29) is 31.3 Å². The average molecular weight is 326 g/mol. The summed E-state index contributed by atoms with van der Waals surface area (Å²) in [6.07, 6.45) is 6.00. The molecule has 0 radical (unpaired) electrons. The Hall–Kier alpha value is 0.830. The van der Waals surface area contributed by atoms with Gasteiger partial charge in [0.05, 0.1) is 0 Å². The summed E-state index contributed by atoms with van der Waals surface area (Å²) in [6, 6.07) is 0. The van der Waals surface area contributed by atoms with Gasteiger partial charge in [-0.2, -0.15) is 41.5 Å². The summed E-state index contributed by atoms with van der Waals surface area (Å²) in [7, 11) is 0. The third-order valence-electron chi connectivity index (χ3n) is 0. The topological polar surface area (TPSA) is 31.5 Å². The van der Waals surface area contributed by atoms with Gasteiger partial charge in [0, 0.05) is 25.8 Å². The van der Waals surface area contributed by atoms with Gasteiger partial charge >= 0.3 is 0 Å². The maximum Gasteiger partial charge on any atom is 0 e. The second-order valence-corrected chi connectivity index (χ2v) is 1.73. The van der Waals surface area contributed by atoms with Gasteiger partial charge in [-0.15, -0.1) is 0 Å². The van der Waals surface area contributed by atoms with Crippen molar-refractivity contribution in [1.82, 2.24) is 0 Å². The molecule has 2 N–H and O–H groups in total. The first-order chi connectivity index (χ1) is 4.24. The average Bonchev–Trinajstić information content (AvgIpc) is 1.70. The molecule has 0 saturated heterocycles. The van der Waals surface area contributed by atoms with Gasteiger partial charge in [-0.25, -0.2) is 0 Å². The first kappa shape index (κ1) is 29.7. The van der Waals surface area contributed by atoms with Crippen molar-refractivity contribution in [1.29, 1.82) is 0 Å². The van der Waals surface area contributed by atoms with Crippen molar-refractivity contribution >= 4 is 0 Å². The molecule has 0 aliphatic rings. The normalized spacial score (nSPS) is 4.91. The minimum Gasteiger partial charge on any atom is -0.412 e. The molecular formula is C9H23HfO-3. The summed E-state index contributed by atoms with van der Waals surface area (Å²) < 4.78 is 0. The summed E-state index contributed by atoms with van der Waals surface area (Å²) in [6.45, 7) is 12.0. The molecule has 0 aromatic carbocycles. The smallest absolute Gasteiger partial charge is 0 e. The fraction of sp³-hybridized carbons (Fsp3) is 0.667. The Kier molecular flexibility index (Phi) is 193. The van der Waals surface area contributed by atoms with Gasteiger partial charge in [0.1, 0.15) is 0 Å². The third kappa shape index (κ3) is 1230. The largest absolute Gasteiger partial charge is 0.412 e. The van der Waals surface area contributed by atoms with E-state index in [9.17, 15) is 0 Å². The van der Waals surface area contributed by atoms with Gasteiger partial charge in [0.2, 0.25) is 0 Å². The van der Waals surface area contributed by atoms with Gasteiger partial charge in [-0.1, -0.05) is 0 Å². The number of hydrogen-bond donors (Lipinski definition) is 0. The zero-order chi connectivity index (χ0) is 8.12. The Morgan fingerprint density at radius 1 is 0.545 bits per heavy atom. The van der Waals surface area contributed by atoms with Crippen LogP contribution in [-0.4, -0.2) is 5.48 Å². The third-order valence-corrected chi connectivity index (χ3v) is 0. The summed E-state index contributed by atoms with van der Waals surface area (Å²) >= 11 is 0. The van der Waals surface area contributed by atoms with E-state index in [2.05, 4.69) is 0 Å². The molecule has 0 rings (SSSR count). The predicted octanol–water partition coefficient (Wildman–Crippen LogP) is 2.86. The molecule has 0 atom stereocenters. The van der Waals surface area contributed by atoms with Crippen molar-refractivity contribution in [2.24, 2.45) is 0 Å². The van der Waals surface area contributed by atoms with Gasteiger partial charge in [-0.05, 0) is 0 Å². The first-order valence-electron chi connectivity index (χ1n) is 3.46. The van der Waals surface area contributed by atoms with Crippen LogP contribution in [0, 0.1) is 19.3 Å². The maximum atomic E-state index is 2.00. The van der Waals surface area contributed by atoms with Crippen LogP contribution in [0.4, 0.5) is 0 Å². The van der Waals surface area contributed by atoms with Gasteiger partial charge in [-0.3, -0.25) is 0 Å².